The highest BCUT2D eigenvalue weighted by Crippen LogP contribution is 2.28. The van der Waals surface area contributed by atoms with Crippen LogP contribution in [0.4, 0.5) is 11.4 Å². The number of carbonyl (C=O) groups excluding carboxylic acids is 2. The van der Waals surface area contributed by atoms with Gasteiger partial charge in [0, 0.05) is 35.5 Å². The molecule has 33 heavy (non-hydrogen) atoms. The normalized spacial score (nSPS) is 15.6. The second kappa shape index (κ2) is 8.70. The zero-order valence-corrected chi connectivity index (χ0v) is 18.1. The predicted octanol–water partition coefficient (Wildman–Crippen LogP) is 4.70. The largest absolute Gasteiger partial charge is 0.334 e. The Morgan fingerprint density at radius 3 is 2.61 bits per heavy atom. The van der Waals surface area contributed by atoms with Gasteiger partial charge in [0.15, 0.2) is 0 Å². The molecule has 7 heteroatoms. The van der Waals surface area contributed by atoms with E-state index in [-0.39, 0.29) is 18.2 Å². The Bertz CT molecular complexity index is 1320. The number of nitrogens with one attached hydrogen (secondary N) is 1. The smallest absolute Gasteiger partial charge is 0.258 e. The van der Waals surface area contributed by atoms with E-state index < -0.39 is 5.92 Å². The monoisotopic (exact) mass is 438 g/mol. The molecule has 1 aliphatic heterocycles. The van der Waals surface area contributed by atoms with Crippen LogP contribution in [-0.4, -0.2) is 28.5 Å². The second-order valence-electron chi connectivity index (χ2n) is 8.10. The van der Waals surface area contributed by atoms with Crippen molar-refractivity contribution in [3.8, 4) is 22.8 Å². The lowest BCUT2D eigenvalue weighted by Gasteiger charge is -2.16. The minimum Gasteiger partial charge on any atom is -0.334 e. The van der Waals surface area contributed by atoms with Gasteiger partial charge in [-0.05, 0) is 43.3 Å². The highest BCUT2D eigenvalue weighted by molar-refractivity contribution is 6.03. The van der Waals surface area contributed by atoms with E-state index in [1.807, 2.05) is 73.7 Å². The van der Waals surface area contributed by atoms with Crippen molar-refractivity contribution in [3.05, 3.63) is 84.4 Å². The van der Waals surface area contributed by atoms with Gasteiger partial charge in [-0.15, -0.1) is 0 Å². The highest BCUT2D eigenvalue weighted by Gasteiger charge is 2.35. The first-order valence-corrected chi connectivity index (χ1v) is 10.7. The van der Waals surface area contributed by atoms with Crippen LogP contribution in [0.25, 0.3) is 22.8 Å². The first-order chi connectivity index (χ1) is 16.1. The summed E-state index contributed by atoms with van der Waals surface area (Å²) in [4.78, 5) is 31.5. The lowest BCUT2D eigenvalue weighted by molar-refractivity contribution is -0.122. The van der Waals surface area contributed by atoms with E-state index in [2.05, 4.69) is 15.5 Å². The standard InChI is InChI=1S/C26H22N4O3/c1-17-7-5-8-18(13-17)24-28-26(33-29-24)19-9-6-10-21(14-19)27-25(32)20-15-23(31)30(16-20)22-11-3-2-4-12-22/h2-14,20H,15-16H2,1H3,(H,27,32)/t20-/m1/s1. The Kier molecular flexibility index (Phi) is 5.44. The Morgan fingerprint density at radius 1 is 1.00 bits per heavy atom. The number of amides is 2. The van der Waals surface area contributed by atoms with Crippen molar-refractivity contribution in [2.45, 2.75) is 13.3 Å². The molecular weight excluding hydrogens is 416 g/mol. The molecule has 0 unspecified atom stereocenters. The van der Waals surface area contributed by atoms with Crippen LogP contribution in [0.3, 0.4) is 0 Å². The third-order valence-corrected chi connectivity index (χ3v) is 5.64. The number of aryl methyl sites for hydroxylation is 1. The van der Waals surface area contributed by atoms with Crippen molar-refractivity contribution in [2.24, 2.45) is 5.92 Å². The van der Waals surface area contributed by atoms with E-state index in [0.29, 0.717) is 29.5 Å². The molecule has 5 rings (SSSR count). The van der Waals surface area contributed by atoms with Crippen molar-refractivity contribution >= 4 is 23.2 Å². The second-order valence-corrected chi connectivity index (χ2v) is 8.10. The van der Waals surface area contributed by atoms with Crippen LogP contribution in [-0.2, 0) is 9.59 Å². The number of aromatic nitrogens is 2. The van der Waals surface area contributed by atoms with E-state index in [0.717, 1.165) is 16.8 Å². The van der Waals surface area contributed by atoms with Crippen molar-refractivity contribution in [1.29, 1.82) is 0 Å². The topological polar surface area (TPSA) is 88.3 Å². The molecule has 1 saturated heterocycles. The third kappa shape index (κ3) is 4.39. The maximum absolute atomic E-state index is 12.9. The molecule has 0 bridgehead atoms. The summed E-state index contributed by atoms with van der Waals surface area (Å²) >= 11 is 0. The van der Waals surface area contributed by atoms with Gasteiger partial charge in [0.25, 0.3) is 5.89 Å². The summed E-state index contributed by atoms with van der Waals surface area (Å²) in [7, 11) is 0. The lowest BCUT2D eigenvalue weighted by atomic mass is 10.1. The Labute approximate surface area is 191 Å². The number of hydrogen-bond acceptors (Lipinski definition) is 5. The molecule has 1 aliphatic rings. The van der Waals surface area contributed by atoms with Crippen molar-refractivity contribution < 1.29 is 14.1 Å². The Hall–Kier alpha value is -4.26. The Morgan fingerprint density at radius 2 is 1.79 bits per heavy atom. The van der Waals surface area contributed by atoms with Crippen LogP contribution in [0.1, 0.15) is 12.0 Å². The molecule has 7 nitrogen and oxygen atoms in total. The van der Waals surface area contributed by atoms with Crippen LogP contribution in [0.15, 0.2) is 83.4 Å². The number of anilines is 2. The number of benzene rings is 3. The van der Waals surface area contributed by atoms with Crippen LogP contribution < -0.4 is 10.2 Å². The van der Waals surface area contributed by atoms with Crippen LogP contribution in [0.2, 0.25) is 0 Å². The molecule has 1 atom stereocenters. The van der Waals surface area contributed by atoms with Gasteiger partial charge in [0.2, 0.25) is 17.6 Å². The van der Waals surface area contributed by atoms with Crippen molar-refractivity contribution in [1.82, 2.24) is 10.1 Å². The fourth-order valence-electron chi connectivity index (χ4n) is 3.96. The van der Waals surface area contributed by atoms with E-state index in [1.54, 1.807) is 17.0 Å². The quantitative estimate of drug-likeness (QED) is 0.488. The van der Waals surface area contributed by atoms with Gasteiger partial charge in [-0.1, -0.05) is 53.2 Å². The molecule has 1 aromatic heterocycles. The molecule has 164 valence electrons. The molecule has 3 aromatic carbocycles. The number of para-hydroxylation sites is 1. The summed E-state index contributed by atoms with van der Waals surface area (Å²) in [5.41, 5.74) is 4.11. The number of hydrogen-bond donors (Lipinski definition) is 1. The van der Waals surface area contributed by atoms with E-state index >= 15 is 0 Å². The molecule has 0 spiro atoms. The van der Waals surface area contributed by atoms with Gasteiger partial charge < -0.3 is 14.7 Å². The number of rotatable bonds is 5. The highest BCUT2D eigenvalue weighted by atomic mass is 16.5. The van der Waals surface area contributed by atoms with Gasteiger partial charge >= 0.3 is 0 Å². The summed E-state index contributed by atoms with van der Waals surface area (Å²) in [6.45, 7) is 2.37. The molecule has 2 amide bonds. The molecule has 0 saturated carbocycles. The van der Waals surface area contributed by atoms with Gasteiger partial charge in [0.05, 0.1) is 5.92 Å². The van der Waals surface area contributed by atoms with Crippen LogP contribution in [0.5, 0.6) is 0 Å². The first kappa shape index (κ1) is 20.6. The maximum atomic E-state index is 12.9. The summed E-state index contributed by atoms with van der Waals surface area (Å²) in [5.74, 6) is 0.217. The molecule has 0 aliphatic carbocycles. The van der Waals surface area contributed by atoms with Crippen molar-refractivity contribution in [2.75, 3.05) is 16.8 Å². The number of nitrogens with zero attached hydrogens (tertiary/aromatic N) is 3. The maximum Gasteiger partial charge on any atom is 0.258 e. The van der Waals surface area contributed by atoms with Gasteiger partial charge in [-0.25, -0.2) is 0 Å². The third-order valence-electron chi connectivity index (χ3n) is 5.64. The molecule has 1 fully saturated rings. The Balaban J connectivity index is 1.29. The summed E-state index contributed by atoms with van der Waals surface area (Å²) in [6, 6.07) is 24.5. The minimum absolute atomic E-state index is 0.0513. The average Bonchev–Trinajstić information content (AvgIpc) is 3.47. The molecular formula is C26H22N4O3. The lowest BCUT2D eigenvalue weighted by Crippen LogP contribution is -2.28. The van der Waals surface area contributed by atoms with Gasteiger partial charge in [-0.2, -0.15) is 4.98 Å². The minimum atomic E-state index is -0.419. The van der Waals surface area contributed by atoms with Crippen LogP contribution >= 0.6 is 0 Å². The molecule has 2 heterocycles. The van der Waals surface area contributed by atoms with E-state index in [1.165, 1.54) is 0 Å². The SMILES string of the molecule is Cc1cccc(-c2noc(-c3cccc(NC(=O)[C@@H]4CC(=O)N(c5ccccc5)C4)c3)n2)c1. The fourth-order valence-corrected chi connectivity index (χ4v) is 3.96. The van der Waals surface area contributed by atoms with Crippen LogP contribution in [0, 0.1) is 12.8 Å². The van der Waals surface area contributed by atoms with Gasteiger partial charge in [-0.3, -0.25) is 9.59 Å². The average molecular weight is 438 g/mol. The zero-order chi connectivity index (χ0) is 22.8. The van der Waals surface area contributed by atoms with E-state index in [4.69, 9.17) is 4.52 Å². The zero-order valence-electron chi connectivity index (χ0n) is 18.1. The molecule has 0 radical (unpaired) electrons. The van der Waals surface area contributed by atoms with Gasteiger partial charge in [0.1, 0.15) is 0 Å². The number of carbonyl (C=O) groups is 2. The molecule has 4 aromatic rings. The first-order valence-electron chi connectivity index (χ1n) is 10.7. The summed E-state index contributed by atoms with van der Waals surface area (Å²) in [5, 5.41) is 7.01. The predicted molar refractivity (Wildman–Crippen MR) is 125 cm³/mol. The summed E-state index contributed by atoms with van der Waals surface area (Å²) in [6.07, 6.45) is 0.184. The van der Waals surface area contributed by atoms with Crippen molar-refractivity contribution in [3.63, 3.8) is 0 Å². The van der Waals surface area contributed by atoms with E-state index in [9.17, 15) is 9.59 Å². The fraction of sp³-hybridized carbons (Fsp3) is 0.154. The summed E-state index contributed by atoms with van der Waals surface area (Å²) < 4.78 is 5.46. The molecule has 1 N–H and O–H groups in total.